The van der Waals surface area contributed by atoms with Crippen molar-refractivity contribution >= 4 is 29.1 Å². The van der Waals surface area contributed by atoms with E-state index in [0.717, 1.165) is 36.0 Å². The fraction of sp³-hybridized carbons (Fsp3) is 0.500. The zero-order chi connectivity index (χ0) is 27.2. The van der Waals surface area contributed by atoms with Crippen LogP contribution in [0.1, 0.15) is 63.3 Å². The molecule has 1 N–H and O–H groups in total. The van der Waals surface area contributed by atoms with Crippen LogP contribution < -0.4 is 15.0 Å². The normalized spacial score (nSPS) is 19.4. The lowest BCUT2D eigenvalue weighted by atomic mass is 9.84. The second-order valence-corrected chi connectivity index (χ2v) is 11.2. The van der Waals surface area contributed by atoms with Crippen LogP contribution in [0.5, 0.6) is 5.75 Å². The Kier molecular flexibility index (Phi) is 6.66. The number of nitrogens with one attached hydrogen (secondary N) is 1. The van der Waals surface area contributed by atoms with Gasteiger partial charge in [0.05, 0.1) is 30.2 Å². The molecule has 1 fully saturated rings. The van der Waals surface area contributed by atoms with Gasteiger partial charge < -0.3 is 19.7 Å². The van der Waals surface area contributed by atoms with E-state index in [9.17, 15) is 9.59 Å². The molecule has 0 radical (unpaired) electrons. The van der Waals surface area contributed by atoms with Crippen LogP contribution >= 0.6 is 0 Å². The number of aryl methyl sites for hydroxylation is 1. The minimum atomic E-state index is -0.517. The van der Waals surface area contributed by atoms with E-state index in [1.165, 1.54) is 5.56 Å². The SMILES string of the molecule is COc1cn2nc(C)cc2cc1NC(=O)N1CCc2c(C3CCN(C(=O)OC(C)(C)C)[C@@H](C)C3)ccnc21. The predicted molar refractivity (Wildman–Crippen MR) is 145 cm³/mol. The Morgan fingerprint density at radius 3 is 2.68 bits per heavy atom. The van der Waals surface area contributed by atoms with Gasteiger partial charge in [-0.2, -0.15) is 5.10 Å². The third-order valence-electron chi connectivity index (χ3n) is 7.25. The van der Waals surface area contributed by atoms with Crippen LogP contribution in [0.25, 0.3) is 5.52 Å². The zero-order valence-corrected chi connectivity index (χ0v) is 22.9. The molecule has 10 heteroatoms. The molecule has 3 aromatic heterocycles. The van der Waals surface area contributed by atoms with Crippen molar-refractivity contribution in [1.82, 2.24) is 19.5 Å². The van der Waals surface area contributed by atoms with E-state index < -0.39 is 5.60 Å². The van der Waals surface area contributed by atoms with Crippen molar-refractivity contribution in [2.24, 2.45) is 0 Å². The average Bonchev–Trinajstić information content (AvgIpc) is 3.44. The summed E-state index contributed by atoms with van der Waals surface area (Å²) in [5, 5.41) is 7.42. The van der Waals surface area contributed by atoms with Crippen LogP contribution in [0.15, 0.2) is 30.6 Å². The predicted octanol–water partition coefficient (Wildman–Crippen LogP) is 5.14. The summed E-state index contributed by atoms with van der Waals surface area (Å²) < 4.78 is 12.8. The first-order valence-corrected chi connectivity index (χ1v) is 13.1. The standard InChI is InChI=1S/C28H36N6O4/c1-17-13-20-15-23(24(37-6)16-34(20)31-17)30-26(35)33-12-9-22-21(7-10-29-25(22)33)19-8-11-32(18(2)14-19)27(36)38-28(3,4)5/h7,10,13,15-16,18-19H,8-9,11-12,14H2,1-6H3,(H,30,35)/t18-,19?/m0/s1. The van der Waals surface area contributed by atoms with Gasteiger partial charge in [-0.05, 0) is 83.6 Å². The molecule has 5 heterocycles. The average molecular weight is 521 g/mol. The summed E-state index contributed by atoms with van der Waals surface area (Å²) in [7, 11) is 1.57. The number of ether oxygens (including phenoxy) is 2. The summed E-state index contributed by atoms with van der Waals surface area (Å²) >= 11 is 0. The molecule has 2 aliphatic heterocycles. The van der Waals surface area contributed by atoms with E-state index in [1.807, 2.05) is 44.7 Å². The van der Waals surface area contributed by atoms with Crippen LogP contribution in [-0.4, -0.2) is 63.5 Å². The van der Waals surface area contributed by atoms with Crippen molar-refractivity contribution in [3.8, 4) is 5.75 Å². The van der Waals surface area contributed by atoms with Crippen molar-refractivity contribution < 1.29 is 19.1 Å². The van der Waals surface area contributed by atoms with Crippen molar-refractivity contribution in [2.75, 3.05) is 30.4 Å². The number of methoxy groups -OCH3 is 1. The summed E-state index contributed by atoms with van der Waals surface area (Å²) in [5.41, 5.74) is 4.14. The molecule has 38 heavy (non-hydrogen) atoms. The third-order valence-corrected chi connectivity index (χ3v) is 7.25. The number of piperidine rings is 1. The molecule has 202 valence electrons. The van der Waals surface area contributed by atoms with Gasteiger partial charge in [0.2, 0.25) is 0 Å². The Labute approximate surface area is 222 Å². The van der Waals surface area contributed by atoms with Crippen LogP contribution in [0, 0.1) is 6.92 Å². The number of rotatable bonds is 3. The molecule has 2 atom stereocenters. The van der Waals surface area contributed by atoms with Crippen molar-refractivity contribution in [2.45, 2.75) is 71.4 Å². The third kappa shape index (κ3) is 4.99. The fourth-order valence-corrected chi connectivity index (χ4v) is 5.53. The number of hydrogen-bond donors (Lipinski definition) is 1. The highest BCUT2D eigenvalue weighted by Gasteiger charge is 2.36. The maximum absolute atomic E-state index is 13.4. The lowest BCUT2D eigenvalue weighted by Crippen LogP contribution is -2.46. The molecular formula is C28H36N6O4. The highest BCUT2D eigenvalue weighted by atomic mass is 16.6. The highest BCUT2D eigenvalue weighted by molar-refractivity contribution is 6.03. The van der Waals surface area contributed by atoms with E-state index in [0.29, 0.717) is 30.3 Å². The lowest BCUT2D eigenvalue weighted by Gasteiger charge is -2.39. The second-order valence-electron chi connectivity index (χ2n) is 11.2. The van der Waals surface area contributed by atoms with E-state index in [-0.39, 0.29) is 24.1 Å². The smallest absolute Gasteiger partial charge is 0.410 e. The Morgan fingerprint density at radius 2 is 1.97 bits per heavy atom. The Morgan fingerprint density at radius 1 is 1.18 bits per heavy atom. The number of urea groups is 1. The van der Waals surface area contributed by atoms with Crippen LogP contribution in [0.3, 0.4) is 0 Å². The monoisotopic (exact) mass is 520 g/mol. The summed E-state index contributed by atoms with van der Waals surface area (Å²) in [5.74, 6) is 1.51. The molecule has 3 aromatic rings. The number of carbonyl (C=O) groups is 2. The molecule has 10 nitrogen and oxygen atoms in total. The van der Waals surface area contributed by atoms with Gasteiger partial charge >= 0.3 is 12.1 Å². The van der Waals surface area contributed by atoms with Gasteiger partial charge in [0.1, 0.15) is 11.4 Å². The number of likely N-dealkylation sites (tertiary alicyclic amines) is 1. The molecule has 0 aromatic carbocycles. The van der Waals surface area contributed by atoms with Gasteiger partial charge in [0.15, 0.2) is 5.75 Å². The quantitative estimate of drug-likeness (QED) is 0.513. The summed E-state index contributed by atoms with van der Waals surface area (Å²) in [4.78, 5) is 34.2. The maximum atomic E-state index is 13.4. The van der Waals surface area contributed by atoms with E-state index in [2.05, 4.69) is 28.4 Å². The topological polar surface area (TPSA) is 101 Å². The van der Waals surface area contributed by atoms with Gasteiger partial charge in [-0.1, -0.05) is 0 Å². The molecule has 0 spiro atoms. The van der Waals surface area contributed by atoms with Crippen LogP contribution in [0.2, 0.25) is 0 Å². The number of pyridine rings is 2. The van der Waals surface area contributed by atoms with Gasteiger partial charge in [0, 0.05) is 30.9 Å². The number of anilines is 2. The molecule has 2 aliphatic rings. The molecule has 1 saturated heterocycles. The number of amides is 3. The van der Waals surface area contributed by atoms with Crippen LogP contribution in [-0.2, 0) is 11.2 Å². The number of fused-ring (bicyclic) bond motifs is 2. The Bertz CT molecular complexity index is 1380. The minimum Gasteiger partial charge on any atom is -0.493 e. The number of hydrogen-bond acceptors (Lipinski definition) is 6. The first-order chi connectivity index (χ1) is 18.0. The number of nitrogens with zero attached hydrogens (tertiary/aromatic N) is 5. The van der Waals surface area contributed by atoms with E-state index in [1.54, 1.807) is 28.9 Å². The van der Waals surface area contributed by atoms with Crippen molar-refractivity contribution in [3.05, 3.63) is 47.4 Å². The first-order valence-electron chi connectivity index (χ1n) is 13.1. The largest absolute Gasteiger partial charge is 0.493 e. The molecule has 1 unspecified atom stereocenters. The zero-order valence-electron chi connectivity index (χ0n) is 22.9. The van der Waals surface area contributed by atoms with Crippen molar-refractivity contribution in [3.63, 3.8) is 0 Å². The Hall–Kier alpha value is -3.82. The first kappa shape index (κ1) is 25.8. The molecule has 3 amide bonds. The van der Waals surface area contributed by atoms with E-state index in [4.69, 9.17) is 9.47 Å². The number of carbonyl (C=O) groups excluding carboxylic acids is 2. The maximum Gasteiger partial charge on any atom is 0.410 e. The highest BCUT2D eigenvalue weighted by Crippen LogP contribution is 2.39. The van der Waals surface area contributed by atoms with Crippen molar-refractivity contribution in [1.29, 1.82) is 0 Å². The summed E-state index contributed by atoms with van der Waals surface area (Å²) in [6.07, 6.45) is 5.71. The van der Waals surface area contributed by atoms with Gasteiger partial charge in [0.25, 0.3) is 0 Å². The minimum absolute atomic E-state index is 0.0581. The molecule has 0 saturated carbocycles. The molecular weight excluding hydrogens is 484 g/mol. The molecule has 5 rings (SSSR count). The van der Waals surface area contributed by atoms with Gasteiger partial charge in [-0.3, -0.25) is 4.90 Å². The summed E-state index contributed by atoms with van der Waals surface area (Å²) in [6.45, 7) is 10.8. The Balaban J connectivity index is 1.32. The van der Waals surface area contributed by atoms with Gasteiger partial charge in [-0.25, -0.2) is 19.1 Å². The second kappa shape index (κ2) is 9.81. The molecule has 0 aliphatic carbocycles. The van der Waals surface area contributed by atoms with E-state index >= 15 is 0 Å². The number of aromatic nitrogens is 3. The van der Waals surface area contributed by atoms with Crippen LogP contribution in [0.4, 0.5) is 21.1 Å². The molecule has 0 bridgehead atoms. The van der Waals surface area contributed by atoms with Gasteiger partial charge in [-0.15, -0.1) is 0 Å². The fourth-order valence-electron chi connectivity index (χ4n) is 5.53. The summed E-state index contributed by atoms with van der Waals surface area (Å²) in [6, 6.07) is 5.68. The lowest BCUT2D eigenvalue weighted by molar-refractivity contribution is 0.0103.